The molecule has 0 N–H and O–H groups in total. The van der Waals surface area contributed by atoms with Gasteiger partial charge in [0.25, 0.3) is 0 Å². The fourth-order valence-electron chi connectivity index (χ4n) is 2.85. The van der Waals surface area contributed by atoms with E-state index in [9.17, 15) is 17.2 Å². The van der Waals surface area contributed by atoms with Crippen LogP contribution in [0.4, 0.5) is 8.78 Å². The van der Waals surface area contributed by atoms with Crippen molar-refractivity contribution in [2.45, 2.75) is 4.90 Å². The van der Waals surface area contributed by atoms with Crippen LogP contribution in [0.15, 0.2) is 71.8 Å². The molecular formula is C20H14F2N2O2S2. The molecule has 0 aliphatic rings. The molecule has 0 unspecified atom stereocenters. The van der Waals surface area contributed by atoms with Gasteiger partial charge in [-0.2, -0.15) is 5.10 Å². The lowest BCUT2D eigenvalue weighted by Crippen LogP contribution is -2.01. The third kappa shape index (κ3) is 3.48. The van der Waals surface area contributed by atoms with E-state index < -0.39 is 21.5 Å². The Morgan fingerprint density at radius 3 is 2.50 bits per heavy atom. The van der Waals surface area contributed by atoms with E-state index in [1.54, 1.807) is 30.5 Å². The molecule has 4 aromatic rings. The summed E-state index contributed by atoms with van der Waals surface area (Å²) in [4.78, 5) is 1.94. The molecule has 0 bridgehead atoms. The van der Waals surface area contributed by atoms with Crippen LogP contribution in [-0.4, -0.2) is 24.5 Å². The maximum absolute atomic E-state index is 14.2. The van der Waals surface area contributed by atoms with Gasteiger partial charge in [-0.25, -0.2) is 21.9 Å². The van der Waals surface area contributed by atoms with E-state index >= 15 is 0 Å². The molecule has 0 atom stereocenters. The number of aromatic nitrogens is 2. The molecular weight excluding hydrogens is 402 g/mol. The Morgan fingerprint density at radius 2 is 1.75 bits per heavy atom. The third-order valence-electron chi connectivity index (χ3n) is 4.19. The number of rotatable bonds is 4. The molecule has 4 nitrogen and oxygen atoms in total. The molecule has 0 saturated carbocycles. The first-order valence-electron chi connectivity index (χ1n) is 8.23. The molecule has 2 aromatic carbocycles. The van der Waals surface area contributed by atoms with Crippen LogP contribution in [-0.2, 0) is 9.84 Å². The SMILES string of the molecule is CS(=O)(=O)c1cccc(-c2ccc(-c3ccnn3-c3ccc(F)cc3F)s2)c1. The minimum atomic E-state index is -3.30. The van der Waals surface area contributed by atoms with Gasteiger partial charge in [0.05, 0.1) is 21.7 Å². The highest BCUT2D eigenvalue weighted by atomic mass is 32.2. The predicted molar refractivity (Wildman–Crippen MR) is 105 cm³/mol. The van der Waals surface area contributed by atoms with Crippen molar-refractivity contribution in [1.29, 1.82) is 0 Å². The average molecular weight is 416 g/mol. The van der Waals surface area contributed by atoms with Crippen LogP contribution in [0.2, 0.25) is 0 Å². The van der Waals surface area contributed by atoms with E-state index in [-0.39, 0.29) is 10.6 Å². The van der Waals surface area contributed by atoms with E-state index in [2.05, 4.69) is 5.10 Å². The monoisotopic (exact) mass is 416 g/mol. The molecule has 0 saturated heterocycles. The van der Waals surface area contributed by atoms with E-state index in [0.717, 1.165) is 21.4 Å². The zero-order valence-electron chi connectivity index (χ0n) is 14.6. The van der Waals surface area contributed by atoms with Gasteiger partial charge < -0.3 is 0 Å². The highest BCUT2D eigenvalue weighted by Gasteiger charge is 2.15. The minimum Gasteiger partial charge on any atom is -0.229 e. The Hall–Kier alpha value is -2.84. The number of hydrogen-bond acceptors (Lipinski definition) is 4. The van der Waals surface area contributed by atoms with E-state index in [0.29, 0.717) is 5.69 Å². The molecule has 0 radical (unpaired) electrons. The molecule has 0 spiro atoms. The molecule has 28 heavy (non-hydrogen) atoms. The van der Waals surface area contributed by atoms with Crippen LogP contribution in [0, 0.1) is 11.6 Å². The Morgan fingerprint density at radius 1 is 0.964 bits per heavy atom. The second-order valence-electron chi connectivity index (χ2n) is 6.19. The maximum Gasteiger partial charge on any atom is 0.175 e. The molecule has 8 heteroatoms. The summed E-state index contributed by atoms with van der Waals surface area (Å²) in [5.41, 5.74) is 1.58. The zero-order chi connectivity index (χ0) is 19.9. The zero-order valence-corrected chi connectivity index (χ0v) is 16.3. The molecule has 142 valence electrons. The summed E-state index contributed by atoms with van der Waals surface area (Å²) < 4.78 is 52.4. The number of sulfone groups is 1. The number of benzene rings is 2. The van der Waals surface area contributed by atoms with Gasteiger partial charge in [0, 0.05) is 17.2 Å². The van der Waals surface area contributed by atoms with Crippen LogP contribution in [0.1, 0.15) is 0 Å². The summed E-state index contributed by atoms with van der Waals surface area (Å²) in [6.07, 6.45) is 2.71. The van der Waals surface area contributed by atoms with Gasteiger partial charge in [-0.3, -0.25) is 0 Å². The molecule has 0 aliphatic carbocycles. The maximum atomic E-state index is 14.2. The topological polar surface area (TPSA) is 52.0 Å². The molecule has 2 heterocycles. The second kappa shape index (κ2) is 6.96. The van der Waals surface area contributed by atoms with Crippen molar-refractivity contribution < 1.29 is 17.2 Å². The summed E-state index contributed by atoms with van der Waals surface area (Å²) in [6, 6.07) is 15.5. The van der Waals surface area contributed by atoms with Gasteiger partial charge >= 0.3 is 0 Å². The highest BCUT2D eigenvalue weighted by Crippen LogP contribution is 2.36. The Kier molecular flexibility index (Phi) is 4.60. The number of hydrogen-bond donors (Lipinski definition) is 0. The van der Waals surface area contributed by atoms with Crippen molar-refractivity contribution in [2.75, 3.05) is 6.26 Å². The Bertz CT molecular complexity index is 1280. The van der Waals surface area contributed by atoms with Crippen molar-refractivity contribution in [3.8, 4) is 26.7 Å². The van der Waals surface area contributed by atoms with Crippen molar-refractivity contribution in [2.24, 2.45) is 0 Å². The summed E-state index contributed by atoms with van der Waals surface area (Å²) in [6.45, 7) is 0. The van der Waals surface area contributed by atoms with Crippen LogP contribution in [0.3, 0.4) is 0 Å². The summed E-state index contributed by atoms with van der Waals surface area (Å²) >= 11 is 1.43. The predicted octanol–water partition coefficient (Wildman–Crippen LogP) is 4.95. The first-order valence-corrected chi connectivity index (χ1v) is 10.9. The molecule has 4 rings (SSSR count). The van der Waals surface area contributed by atoms with Crippen molar-refractivity contribution in [3.05, 3.63) is 78.5 Å². The fraction of sp³-hybridized carbons (Fsp3) is 0.0500. The lowest BCUT2D eigenvalue weighted by atomic mass is 10.2. The van der Waals surface area contributed by atoms with Crippen molar-refractivity contribution in [3.63, 3.8) is 0 Å². The average Bonchev–Trinajstić information content (AvgIpc) is 3.30. The van der Waals surface area contributed by atoms with Crippen LogP contribution in [0.25, 0.3) is 26.7 Å². The number of nitrogens with zero attached hydrogens (tertiary/aromatic N) is 2. The van der Waals surface area contributed by atoms with E-state index in [4.69, 9.17) is 0 Å². The van der Waals surface area contributed by atoms with Crippen LogP contribution >= 0.6 is 11.3 Å². The van der Waals surface area contributed by atoms with Crippen LogP contribution in [0.5, 0.6) is 0 Å². The number of halogens is 2. The summed E-state index contributed by atoms with van der Waals surface area (Å²) in [5, 5.41) is 4.16. The van der Waals surface area contributed by atoms with Gasteiger partial charge in [0.2, 0.25) is 0 Å². The standard InChI is InChI=1S/C20H14F2N2O2S2/c1-28(25,26)15-4-2-3-13(11-15)19-7-8-20(27-19)18-9-10-23-24(18)17-6-5-14(21)12-16(17)22/h2-12H,1H3. The first kappa shape index (κ1) is 18.5. The third-order valence-corrected chi connectivity index (χ3v) is 6.45. The second-order valence-corrected chi connectivity index (χ2v) is 9.29. The lowest BCUT2D eigenvalue weighted by Gasteiger charge is -2.07. The van der Waals surface area contributed by atoms with E-state index in [1.807, 2.05) is 18.2 Å². The largest absolute Gasteiger partial charge is 0.229 e. The van der Waals surface area contributed by atoms with Gasteiger partial charge in [0.1, 0.15) is 11.5 Å². The fourth-order valence-corrected chi connectivity index (χ4v) is 4.53. The Balaban J connectivity index is 1.75. The van der Waals surface area contributed by atoms with E-state index in [1.165, 1.54) is 34.4 Å². The number of thiophene rings is 1. The molecule has 0 aliphatic heterocycles. The quantitative estimate of drug-likeness (QED) is 0.473. The highest BCUT2D eigenvalue weighted by molar-refractivity contribution is 7.90. The minimum absolute atomic E-state index is 0.149. The van der Waals surface area contributed by atoms with Gasteiger partial charge in [0.15, 0.2) is 15.7 Å². The van der Waals surface area contributed by atoms with Gasteiger partial charge in [-0.15, -0.1) is 11.3 Å². The van der Waals surface area contributed by atoms with Crippen molar-refractivity contribution in [1.82, 2.24) is 9.78 Å². The Labute approximate surface area is 164 Å². The van der Waals surface area contributed by atoms with Crippen LogP contribution < -0.4 is 0 Å². The summed E-state index contributed by atoms with van der Waals surface area (Å²) in [5.74, 6) is -1.36. The summed E-state index contributed by atoms with van der Waals surface area (Å²) in [7, 11) is -3.30. The molecule has 2 aromatic heterocycles. The van der Waals surface area contributed by atoms with Gasteiger partial charge in [-0.05, 0) is 48.0 Å². The normalized spacial score (nSPS) is 11.7. The molecule has 0 amide bonds. The molecule has 0 fully saturated rings. The first-order chi connectivity index (χ1) is 13.3. The van der Waals surface area contributed by atoms with Gasteiger partial charge in [-0.1, -0.05) is 12.1 Å². The van der Waals surface area contributed by atoms with Crippen molar-refractivity contribution >= 4 is 21.2 Å². The lowest BCUT2D eigenvalue weighted by molar-refractivity contribution is 0.574. The smallest absolute Gasteiger partial charge is 0.175 e.